The summed E-state index contributed by atoms with van der Waals surface area (Å²) >= 11 is 0. The third-order valence-corrected chi connectivity index (χ3v) is 3.66. The zero-order valence-electron chi connectivity index (χ0n) is 11.9. The second-order valence-electron chi connectivity index (χ2n) is 5.11. The molecular formula is C13H31N3. The average Bonchev–Trinajstić information content (AvgIpc) is 2.25. The second-order valence-corrected chi connectivity index (χ2v) is 5.11. The Morgan fingerprint density at radius 2 is 1.69 bits per heavy atom. The Hall–Kier alpha value is -0.120. The van der Waals surface area contributed by atoms with E-state index in [1.54, 1.807) is 0 Å². The molecule has 1 unspecified atom stereocenters. The molecule has 0 amide bonds. The highest BCUT2D eigenvalue weighted by Crippen LogP contribution is 2.23. The normalized spacial score (nSPS) is 15.8. The second kappa shape index (κ2) is 8.04. The van der Waals surface area contributed by atoms with Gasteiger partial charge in [-0.3, -0.25) is 4.90 Å². The van der Waals surface area contributed by atoms with Gasteiger partial charge in [-0.1, -0.05) is 20.3 Å². The molecule has 0 aliphatic heterocycles. The highest BCUT2D eigenvalue weighted by molar-refractivity contribution is 4.88. The minimum Gasteiger partial charge on any atom is -0.329 e. The predicted octanol–water partition coefficient (Wildman–Crippen LogP) is 1.78. The van der Waals surface area contributed by atoms with Gasteiger partial charge in [0.1, 0.15) is 0 Å². The van der Waals surface area contributed by atoms with Crippen LogP contribution in [0.2, 0.25) is 0 Å². The molecule has 0 aromatic carbocycles. The molecule has 3 heteroatoms. The third kappa shape index (κ3) is 4.81. The van der Waals surface area contributed by atoms with Gasteiger partial charge >= 0.3 is 0 Å². The van der Waals surface area contributed by atoms with E-state index >= 15 is 0 Å². The number of nitrogens with two attached hydrogens (primary N) is 1. The lowest BCUT2D eigenvalue weighted by molar-refractivity contribution is 0.105. The fraction of sp³-hybridized carbons (Fsp3) is 1.00. The maximum Gasteiger partial charge on any atom is 0.0326 e. The van der Waals surface area contributed by atoms with Crippen LogP contribution >= 0.6 is 0 Å². The van der Waals surface area contributed by atoms with Crippen molar-refractivity contribution in [1.82, 2.24) is 9.80 Å². The zero-order valence-corrected chi connectivity index (χ0v) is 11.9. The van der Waals surface area contributed by atoms with Crippen molar-refractivity contribution in [3.63, 3.8) is 0 Å². The van der Waals surface area contributed by atoms with E-state index in [4.69, 9.17) is 5.73 Å². The summed E-state index contributed by atoms with van der Waals surface area (Å²) in [6.45, 7) is 7.57. The summed E-state index contributed by atoms with van der Waals surface area (Å²) in [5.41, 5.74) is 6.21. The first-order valence-corrected chi connectivity index (χ1v) is 6.58. The van der Waals surface area contributed by atoms with Gasteiger partial charge in [-0.15, -0.1) is 0 Å². The van der Waals surface area contributed by atoms with Crippen LogP contribution in [-0.4, -0.2) is 56.1 Å². The number of nitrogens with zero attached hydrogens (tertiary/aromatic N) is 2. The molecule has 98 valence electrons. The van der Waals surface area contributed by atoms with Gasteiger partial charge in [0.2, 0.25) is 0 Å². The van der Waals surface area contributed by atoms with E-state index in [0.29, 0.717) is 0 Å². The van der Waals surface area contributed by atoms with Crippen molar-refractivity contribution in [2.45, 2.75) is 45.1 Å². The first kappa shape index (κ1) is 15.9. The lowest BCUT2D eigenvalue weighted by Gasteiger charge is -2.41. The van der Waals surface area contributed by atoms with Crippen LogP contribution in [-0.2, 0) is 0 Å². The topological polar surface area (TPSA) is 32.5 Å². The fourth-order valence-electron chi connectivity index (χ4n) is 2.37. The smallest absolute Gasteiger partial charge is 0.0326 e. The molecule has 16 heavy (non-hydrogen) atoms. The van der Waals surface area contributed by atoms with Crippen LogP contribution in [0, 0.1) is 0 Å². The summed E-state index contributed by atoms with van der Waals surface area (Å²) in [6, 6.07) is 0. The standard InChI is InChI=1S/C13H31N3/c1-6-9-13(7-2,12-14)16(5)11-8-10-15(3)4/h6-12,14H2,1-5H3. The highest BCUT2D eigenvalue weighted by atomic mass is 15.2. The van der Waals surface area contributed by atoms with Gasteiger partial charge in [0.25, 0.3) is 0 Å². The van der Waals surface area contributed by atoms with Crippen LogP contribution in [0.3, 0.4) is 0 Å². The number of likely N-dealkylation sites (N-methyl/N-ethyl adjacent to an activating group) is 1. The summed E-state index contributed by atoms with van der Waals surface area (Å²) in [4.78, 5) is 4.71. The monoisotopic (exact) mass is 229 g/mol. The molecule has 3 nitrogen and oxygen atoms in total. The Morgan fingerprint density at radius 3 is 2.06 bits per heavy atom. The Kier molecular flexibility index (Phi) is 7.98. The van der Waals surface area contributed by atoms with Crippen molar-refractivity contribution < 1.29 is 0 Å². The van der Waals surface area contributed by atoms with Crippen molar-refractivity contribution in [3.05, 3.63) is 0 Å². The Morgan fingerprint density at radius 1 is 1.06 bits per heavy atom. The van der Waals surface area contributed by atoms with Crippen molar-refractivity contribution >= 4 is 0 Å². The minimum absolute atomic E-state index is 0.223. The number of hydrogen-bond donors (Lipinski definition) is 1. The van der Waals surface area contributed by atoms with E-state index in [1.165, 1.54) is 19.3 Å². The molecule has 0 radical (unpaired) electrons. The summed E-state index contributed by atoms with van der Waals surface area (Å²) < 4.78 is 0. The molecule has 0 spiro atoms. The van der Waals surface area contributed by atoms with Crippen molar-refractivity contribution in [2.75, 3.05) is 40.8 Å². The molecule has 0 fully saturated rings. The first-order valence-electron chi connectivity index (χ1n) is 6.58. The van der Waals surface area contributed by atoms with Gasteiger partial charge in [-0.25, -0.2) is 0 Å². The summed E-state index contributed by atoms with van der Waals surface area (Å²) in [7, 11) is 6.48. The van der Waals surface area contributed by atoms with Gasteiger partial charge in [-0.2, -0.15) is 0 Å². The lowest BCUT2D eigenvalue weighted by Crippen LogP contribution is -2.52. The molecule has 0 saturated heterocycles. The molecule has 0 aliphatic rings. The van der Waals surface area contributed by atoms with Gasteiger partial charge in [0.15, 0.2) is 0 Å². The quantitative estimate of drug-likeness (QED) is 0.654. The van der Waals surface area contributed by atoms with E-state index in [-0.39, 0.29) is 5.54 Å². The van der Waals surface area contributed by atoms with Gasteiger partial charge in [-0.05, 0) is 53.5 Å². The Balaban J connectivity index is 4.20. The molecule has 0 aromatic heterocycles. The minimum atomic E-state index is 0.223. The third-order valence-electron chi connectivity index (χ3n) is 3.66. The summed E-state index contributed by atoms with van der Waals surface area (Å²) in [5, 5.41) is 0. The number of hydrogen-bond acceptors (Lipinski definition) is 3. The van der Waals surface area contributed by atoms with E-state index < -0.39 is 0 Å². The lowest BCUT2D eigenvalue weighted by atomic mass is 9.89. The molecule has 0 saturated carbocycles. The van der Waals surface area contributed by atoms with E-state index in [1.807, 2.05) is 0 Å². The Labute approximate surface area is 102 Å². The number of rotatable bonds is 9. The van der Waals surface area contributed by atoms with Gasteiger partial charge in [0.05, 0.1) is 0 Å². The van der Waals surface area contributed by atoms with Gasteiger partial charge < -0.3 is 10.6 Å². The maximum absolute atomic E-state index is 5.98. The molecule has 0 rings (SSSR count). The SMILES string of the molecule is CCCC(CC)(CN)N(C)CCCN(C)C. The molecule has 0 bridgehead atoms. The zero-order chi connectivity index (χ0) is 12.6. The molecule has 1 atom stereocenters. The fourth-order valence-corrected chi connectivity index (χ4v) is 2.37. The summed E-state index contributed by atoms with van der Waals surface area (Å²) in [6.07, 6.45) is 4.78. The van der Waals surface area contributed by atoms with Crippen molar-refractivity contribution in [3.8, 4) is 0 Å². The van der Waals surface area contributed by atoms with Crippen molar-refractivity contribution in [1.29, 1.82) is 0 Å². The van der Waals surface area contributed by atoms with E-state index in [0.717, 1.165) is 26.1 Å². The van der Waals surface area contributed by atoms with Crippen LogP contribution in [0.15, 0.2) is 0 Å². The van der Waals surface area contributed by atoms with Crippen LogP contribution in [0.1, 0.15) is 39.5 Å². The van der Waals surface area contributed by atoms with Crippen LogP contribution in [0.4, 0.5) is 0 Å². The maximum atomic E-state index is 5.98. The summed E-state index contributed by atoms with van der Waals surface area (Å²) in [5.74, 6) is 0. The van der Waals surface area contributed by atoms with E-state index in [9.17, 15) is 0 Å². The van der Waals surface area contributed by atoms with Crippen LogP contribution in [0.25, 0.3) is 0 Å². The van der Waals surface area contributed by atoms with E-state index in [2.05, 4.69) is 44.8 Å². The highest BCUT2D eigenvalue weighted by Gasteiger charge is 2.29. The molecular weight excluding hydrogens is 198 g/mol. The predicted molar refractivity (Wildman–Crippen MR) is 72.8 cm³/mol. The molecule has 0 aromatic rings. The van der Waals surface area contributed by atoms with Crippen LogP contribution in [0.5, 0.6) is 0 Å². The first-order chi connectivity index (χ1) is 7.52. The van der Waals surface area contributed by atoms with Crippen LogP contribution < -0.4 is 5.73 Å². The molecule has 0 heterocycles. The molecule has 2 N–H and O–H groups in total. The Bertz CT molecular complexity index is 165. The largest absolute Gasteiger partial charge is 0.329 e. The van der Waals surface area contributed by atoms with Gasteiger partial charge in [0, 0.05) is 12.1 Å². The van der Waals surface area contributed by atoms with Crippen molar-refractivity contribution in [2.24, 2.45) is 5.73 Å². The average molecular weight is 229 g/mol. The molecule has 0 aliphatic carbocycles.